The van der Waals surface area contributed by atoms with E-state index in [1.165, 1.54) is 5.57 Å². The summed E-state index contributed by atoms with van der Waals surface area (Å²) >= 11 is 0. The highest BCUT2D eigenvalue weighted by Crippen LogP contribution is 2.26. The molecule has 1 rings (SSSR count). The number of nitrogens with one attached hydrogen (secondary N) is 1. The molecule has 0 bridgehead atoms. The Hall–Kier alpha value is -2.98. The van der Waals surface area contributed by atoms with Gasteiger partial charge in [-0.05, 0) is 57.6 Å². The average molecular weight is 466 g/mol. The first-order valence-electron chi connectivity index (χ1n) is 10.8. The summed E-state index contributed by atoms with van der Waals surface area (Å²) in [6.07, 6.45) is 13.8. The minimum atomic E-state index is -1.16. The molecule has 184 valence electrons. The van der Waals surface area contributed by atoms with Crippen molar-refractivity contribution in [1.29, 1.82) is 0 Å². The van der Waals surface area contributed by atoms with Gasteiger partial charge in [-0.15, -0.1) is 12.3 Å². The molecule has 0 unspecified atom stereocenters. The van der Waals surface area contributed by atoms with Crippen molar-refractivity contribution in [3.63, 3.8) is 0 Å². The van der Waals surface area contributed by atoms with Gasteiger partial charge in [-0.3, -0.25) is 4.79 Å². The zero-order valence-electron chi connectivity index (χ0n) is 20.2. The Morgan fingerprint density at radius 1 is 1.27 bits per heavy atom. The lowest BCUT2D eigenvalue weighted by Crippen LogP contribution is -2.26. The lowest BCUT2D eigenvalue weighted by Gasteiger charge is -2.07. The van der Waals surface area contributed by atoms with Crippen LogP contribution in [0, 0.1) is 12.3 Å². The predicted octanol–water partition coefficient (Wildman–Crippen LogP) is 5.97. The van der Waals surface area contributed by atoms with Gasteiger partial charge >= 0.3 is 5.97 Å². The molecule has 33 heavy (non-hydrogen) atoms. The molecule has 0 spiro atoms. The van der Waals surface area contributed by atoms with Gasteiger partial charge in [0.15, 0.2) is 0 Å². The summed E-state index contributed by atoms with van der Waals surface area (Å²) in [6, 6.07) is 0. The molecule has 0 fully saturated rings. The molecular formula is C26H37F2NO4. The van der Waals surface area contributed by atoms with Crippen LogP contribution in [0.5, 0.6) is 0 Å². The molecule has 0 aromatic rings. The lowest BCUT2D eigenvalue weighted by molar-refractivity contribution is -0.133. The molecule has 2 N–H and O–H groups in total. The number of amides is 1. The predicted molar refractivity (Wildman–Crippen MR) is 130 cm³/mol. The standard InChI is InChI=1S/C10H11F2NO3.C10H18O.C6H8/c11-4-6(5-12)13-9(14)7-2-1-3-8(7)10(15)16;1-5-10(6-2)9(4)8-11-7-3;1-3-5-6-4-2/h4H,1-3,5H2,(H,13,14)(H,15,16);5H,4,6-8H2,1-3H3;1,4,6H,5H2,2H3/b6-4-;10-5+;6-4-. The van der Waals surface area contributed by atoms with Crippen molar-refractivity contribution in [2.75, 3.05) is 19.9 Å². The van der Waals surface area contributed by atoms with Gasteiger partial charge in [0.25, 0.3) is 5.91 Å². The van der Waals surface area contributed by atoms with Crippen LogP contribution in [0.4, 0.5) is 8.78 Å². The van der Waals surface area contributed by atoms with E-state index < -0.39 is 24.2 Å². The van der Waals surface area contributed by atoms with Crippen LogP contribution in [-0.4, -0.2) is 36.9 Å². The first-order chi connectivity index (χ1) is 15.8. The molecule has 0 aliphatic heterocycles. The van der Waals surface area contributed by atoms with Crippen LogP contribution in [0.25, 0.3) is 0 Å². The fourth-order valence-electron chi connectivity index (χ4n) is 2.70. The molecule has 1 aliphatic carbocycles. The molecule has 0 radical (unpaired) electrons. The van der Waals surface area contributed by atoms with Crippen LogP contribution in [-0.2, 0) is 14.3 Å². The molecule has 5 nitrogen and oxygen atoms in total. The first-order valence-corrected chi connectivity index (χ1v) is 10.8. The van der Waals surface area contributed by atoms with Crippen LogP contribution in [0.3, 0.4) is 0 Å². The van der Waals surface area contributed by atoms with E-state index in [9.17, 15) is 18.4 Å². The molecule has 7 heteroatoms. The molecule has 0 aromatic carbocycles. The number of aliphatic carboxylic acids is 1. The Kier molecular flexibility index (Phi) is 20.4. The second kappa shape index (κ2) is 20.9. The number of terminal acetylenes is 1. The molecule has 0 atom stereocenters. The number of allylic oxidation sites excluding steroid dienone is 4. The summed E-state index contributed by atoms with van der Waals surface area (Å²) in [4.78, 5) is 22.2. The summed E-state index contributed by atoms with van der Waals surface area (Å²) in [5.41, 5.74) is 2.03. The Morgan fingerprint density at radius 2 is 1.91 bits per heavy atom. The number of rotatable bonds is 10. The van der Waals surface area contributed by atoms with Crippen molar-refractivity contribution in [1.82, 2.24) is 5.32 Å². The lowest BCUT2D eigenvalue weighted by atomic mass is 10.1. The van der Waals surface area contributed by atoms with E-state index >= 15 is 0 Å². The third-order valence-electron chi connectivity index (χ3n) is 4.44. The van der Waals surface area contributed by atoms with Crippen molar-refractivity contribution < 1.29 is 28.2 Å². The van der Waals surface area contributed by atoms with Gasteiger partial charge in [0, 0.05) is 24.2 Å². The SMILES string of the molecule is C#CC/C=C\C.C=C(COCC)/C(=C/C)CC.O=C(O)C1=C(C(=O)N/C(=C\F)CF)CCC1. The number of carbonyl (C=O) groups excluding carboxylic acids is 1. The minimum absolute atomic E-state index is 0.0227. The summed E-state index contributed by atoms with van der Waals surface area (Å²) < 4.78 is 29.4. The number of halogens is 2. The van der Waals surface area contributed by atoms with E-state index in [1.54, 1.807) is 0 Å². The zero-order valence-corrected chi connectivity index (χ0v) is 20.2. The van der Waals surface area contributed by atoms with E-state index in [2.05, 4.69) is 25.5 Å². The normalized spacial score (nSPS) is 13.5. The van der Waals surface area contributed by atoms with Crippen LogP contribution in [0.1, 0.15) is 59.8 Å². The van der Waals surface area contributed by atoms with Crippen molar-refractivity contribution in [2.45, 2.75) is 59.8 Å². The average Bonchev–Trinajstić information content (AvgIpc) is 3.32. The van der Waals surface area contributed by atoms with Gasteiger partial charge in [0.2, 0.25) is 0 Å². The summed E-state index contributed by atoms with van der Waals surface area (Å²) in [5.74, 6) is 0.584. The Labute approximate surface area is 197 Å². The Morgan fingerprint density at radius 3 is 2.30 bits per heavy atom. The molecule has 0 saturated heterocycles. The summed E-state index contributed by atoms with van der Waals surface area (Å²) in [5, 5.41) is 10.8. The van der Waals surface area contributed by atoms with Gasteiger partial charge in [0.1, 0.15) is 13.0 Å². The number of carboxylic acid groups (broad SMARTS) is 1. The Balaban J connectivity index is 0. The highest BCUT2D eigenvalue weighted by atomic mass is 19.1. The highest BCUT2D eigenvalue weighted by molar-refractivity contribution is 6.03. The smallest absolute Gasteiger partial charge is 0.332 e. The maximum absolute atomic E-state index is 12.1. The fraction of sp³-hybridized carbons (Fsp3) is 0.462. The number of hydrogen-bond acceptors (Lipinski definition) is 3. The van der Waals surface area contributed by atoms with Crippen molar-refractivity contribution in [3.05, 3.63) is 59.1 Å². The van der Waals surface area contributed by atoms with Crippen LogP contribution in [0.15, 0.2) is 59.1 Å². The van der Waals surface area contributed by atoms with Crippen LogP contribution >= 0.6 is 0 Å². The number of alkyl halides is 1. The van der Waals surface area contributed by atoms with Crippen molar-refractivity contribution in [2.24, 2.45) is 0 Å². The van der Waals surface area contributed by atoms with Crippen molar-refractivity contribution >= 4 is 11.9 Å². The van der Waals surface area contributed by atoms with Crippen LogP contribution < -0.4 is 5.32 Å². The molecule has 0 aromatic heterocycles. The van der Waals surface area contributed by atoms with Crippen molar-refractivity contribution in [3.8, 4) is 12.3 Å². The van der Waals surface area contributed by atoms with E-state index in [-0.39, 0.29) is 17.5 Å². The fourth-order valence-corrected chi connectivity index (χ4v) is 2.70. The number of carboxylic acids is 1. The zero-order chi connectivity index (χ0) is 25.6. The summed E-state index contributed by atoms with van der Waals surface area (Å²) in [6.45, 7) is 12.4. The topological polar surface area (TPSA) is 75.6 Å². The van der Waals surface area contributed by atoms with Gasteiger partial charge in [-0.1, -0.05) is 31.7 Å². The third kappa shape index (κ3) is 14.7. The minimum Gasteiger partial charge on any atom is -0.478 e. The molecule has 1 aliphatic rings. The molecule has 1 amide bonds. The molecule has 0 saturated carbocycles. The van der Waals surface area contributed by atoms with E-state index in [4.69, 9.17) is 16.3 Å². The number of carbonyl (C=O) groups is 2. The van der Waals surface area contributed by atoms with E-state index in [0.717, 1.165) is 25.0 Å². The Bertz CT molecular complexity index is 787. The molecule has 0 heterocycles. The van der Waals surface area contributed by atoms with Gasteiger partial charge in [-0.2, -0.15) is 0 Å². The monoisotopic (exact) mass is 465 g/mol. The quantitative estimate of drug-likeness (QED) is 0.237. The number of hydrogen-bond donors (Lipinski definition) is 2. The third-order valence-corrected chi connectivity index (χ3v) is 4.44. The van der Waals surface area contributed by atoms with E-state index in [0.29, 0.717) is 25.9 Å². The second-order valence-electron chi connectivity index (χ2n) is 6.72. The maximum Gasteiger partial charge on any atom is 0.332 e. The van der Waals surface area contributed by atoms with Gasteiger partial charge in [0.05, 0.1) is 12.3 Å². The highest BCUT2D eigenvalue weighted by Gasteiger charge is 2.25. The van der Waals surface area contributed by atoms with Crippen LogP contribution in [0.2, 0.25) is 0 Å². The van der Waals surface area contributed by atoms with Gasteiger partial charge < -0.3 is 15.2 Å². The molecular weight excluding hydrogens is 428 g/mol. The maximum atomic E-state index is 12.1. The largest absolute Gasteiger partial charge is 0.478 e. The second-order valence-corrected chi connectivity index (χ2v) is 6.72. The van der Waals surface area contributed by atoms with E-state index in [1.807, 2.05) is 38.2 Å². The van der Waals surface area contributed by atoms with Gasteiger partial charge in [-0.25, -0.2) is 13.6 Å². The summed E-state index contributed by atoms with van der Waals surface area (Å²) in [7, 11) is 0. The number of ether oxygens (including phenoxy) is 1. The first kappa shape index (κ1) is 32.2.